The first kappa shape index (κ1) is 18.5. The molecule has 0 radical (unpaired) electrons. The van der Waals surface area contributed by atoms with Crippen molar-refractivity contribution in [2.75, 3.05) is 0 Å². The third-order valence-corrected chi connectivity index (χ3v) is 4.05. The van der Waals surface area contributed by atoms with Gasteiger partial charge in [0.05, 0.1) is 6.04 Å². The number of nitrogens with one attached hydrogen (secondary N) is 1. The van der Waals surface area contributed by atoms with Gasteiger partial charge in [0.25, 0.3) is 11.5 Å². The number of carbonyl (C=O) groups excluding carboxylic acids is 1. The molecule has 0 aliphatic carbocycles. The second-order valence-electron chi connectivity index (χ2n) is 6.05. The zero-order valence-electron chi connectivity index (χ0n) is 14.6. The van der Waals surface area contributed by atoms with Gasteiger partial charge >= 0.3 is 6.61 Å². The van der Waals surface area contributed by atoms with E-state index >= 15 is 0 Å². The summed E-state index contributed by atoms with van der Waals surface area (Å²) < 4.78 is 30.0. The van der Waals surface area contributed by atoms with Crippen LogP contribution < -0.4 is 15.6 Å². The number of rotatable bonds is 5. The van der Waals surface area contributed by atoms with Crippen molar-refractivity contribution in [2.45, 2.75) is 26.5 Å². The Bertz CT molecular complexity index is 1030. The number of aryl methyl sites for hydroxylation is 1. The van der Waals surface area contributed by atoms with Gasteiger partial charge in [-0.1, -0.05) is 18.2 Å². The van der Waals surface area contributed by atoms with E-state index in [2.05, 4.69) is 15.0 Å². The van der Waals surface area contributed by atoms with Gasteiger partial charge in [-0.15, -0.1) is 0 Å². The highest BCUT2D eigenvalue weighted by Gasteiger charge is 2.17. The maximum Gasteiger partial charge on any atom is 0.387 e. The van der Waals surface area contributed by atoms with E-state index in [0.29, 0.717) is 11.2 Å². The molecule has 1 amide bonds. The molecule has 2 aromatic heterocycles. The average molecular weight is 373 g/mol. The number of carbonyl (C=O) groups is 1. The summed E-state index contributed by atoms with van der Waals surface area (Å²) in [4.78, 5) is 29.2. The summed E-state index contributed by atoms with van der Waals surface area (Å²) in [5, 5.41) is 2.71. The van der Waals surface area contributed by atoms with Crippen LogP contribution >= 0.6 is 0 Å². The van der Waals surface area contributed by atoms with Gasteiger partial charge in [0.2, 0.25) is 0 Å². The number of hydrogen-bond acceptors (Lipinski definition) is 4. The Balaban J connectivity index is 1.79. The van der Waals surface area contributed by atoms with Crippen LogP contribution in [0.4, 0.5) is 8.78 Å². The molecule has 1 aromatic carbocycles. The Hall–Kier alpha value is -3.29. The van der Waals surface area contributed by atoms with Gasteiger partial charge in [-0.05, 0) is 43.2 Å². The highest BCUT2D eigenvalue weighted by molar-refractivity contribution is 5.94. The van der Waals surface area contributed by atoms with Crippen LogP contribution in [0, 0.1) is 6.92 Å². The van der Waals surface area contributed by atoms with Crippen LogP contribution in [0.25, 0.3) is 5.65 Å². The highest BCUT2D eigenvalue weighted by Crippen LogP contribution is 2.19. The Kier molecular flexibility index (Phi) is 5.16. The number of amides is 1. The van der Waals surface area contributed by atoms with Crippen LogP contribution in [-0.2, 0) is 0 Å². The lowest BCUT2D eigenvalue weighted by molar-refractivity contribution is -0.0498. The quantitative estimate of drug-likeness (QED) is 0.746. The van der Waals surface area contributed by atoms with Crippen LogP contribution in [0.1, 0.15) is 34.5 Å². The molecule has 0 aliphatic heterocycles. The molecule has 0 saturated heterocycles. The van der Waals surface area contributed by atoms with Gasteiger partial charge in [0.1, 0.15) is 17.0 Å². The molecule has 8 heteroatoms. The third kappa shape index (κ3) is 4.11. The van der Waals surface area contributed by atoms with Crippen LogP contribution in [0.2, 0.25) is 0 Å². The number of pyridine rings is 1. The number of aromatic nitrogens is 2. The molecule has 140 valence electrons. The Morgan fingerprint density at radius 3 is 2.56 bits per heavy atom. The first-order valence-corrected chi connectivity index (χ1v) is 8.19. The molecule has 3 aromatic rings. The predicted molar refractivity (Wildman–Crippen MR) is 95.2 cm³/mol. The van der Waals surface area contributed by atoms with Crippen molar-refractivity contribution in [1.29, 1.82) is 0 Å². The smallest absolute Gasteiger partial charge is 0.387 e. The normalized spacial score (nSPS) is 12.2. The molecule has 27 heavy (non-hydrogen) atoms. The fourth-order valence-electron chi connectivity index (χ4n) is 2.63. The van der Waals surface area contributed by atoms with Crippen LogP contribution in [0.5, 0.6) is 5.75 Å². The van der Waals surface area contributed by atoms with E-state index in [1.165, 1.54) is 22.7 Å². The van der Waals surface area contributed by atoms with E-state index in [-0.39, 0.29) is 11.3 Å². The van der Waals surface area contributed by atoms with Crippen molar-refractivity contribution in [3.63, 3.8) is 0 Å². The van der Waals surface area contributed by atoms with E-state index in [1.807, 2.05) is 13.0 Å². The molecule has 6 nitrogen and oxygen atoms in total. The minimum absolute atomic E-state index is 0.0274. The second kappa shape index (κ2) is 7.53. The Morgan fingerprint density at radius 2 is 1.89 bits per heavy atom. The van der Waals surface area contributed by atoms with Crippen LogP contribution in [0.15, 0.2) is 53.6 Å². The van der Waals surface area contributed by atoms with Gasteiger partial charge in [0, 0.05) is 12.4 Å². The monoisotopic (exact) mass is 373 g/mol. The van der Waals surface area contributed by atoms with Crippen molar-refractivity contribution in [3.8, 4) is 5.75 Å². The first-order chi connectivity index (χ1) is 12.8. The summed E-state index contributed by atoms with van der Waals surface area (Å²) in [5.74, 6) is -0.538. The number of benzene rings is 1. The number of fused-ring (bicyclic) bond motifs is 1. The van der Waals surface area contributed by atoms with Crippen molar-refractivity contribution >= 4 is 11.6 Å². The van der Waals surface area contributed by atoms with Gasteiger partial charge in [-0.2, -0.15) is 8.78 Å². The molecule has 1 atom stereocenters. The van der Waals surface area contributed by atoms with Crippen molar-refractivity contribution in [3.05, 3.63) is 75.8 Å². The summed E-state index contributed by atoms with van der Waals surface area (Å²) in [5.41, 5.74) is 1.44. The van der Waals surface area contributed by atoms with Gasteiger partial charge < -0.3 is 10.1 Å². The lowest BCUT2D eigenvalue weighted by Gasteiger charge is -2.15. The molecule has 0 saturated carbocycles. The molecule has 0 bridgehead atoms. The SMILES string of the molecule is Cc1ccc2ncc(C(=O)NC(C)c3ccc(OC(F)F)cc3)c(=O)n2c1. The maximum absolute atomic E-state index is 12.6. The predicted octanol–water partition coefficient (Wildman–Crippen LogP) is 3.10. The number of hydrogen-bond donors (Lipinski definition) is 1. The minimum Gasteiger partial charge on any atom is -0.435 e. The van der Waals surface area contributed by atoms with Crippen molar-refractivity contribution in [1.82, 2.24) is 14.7 Å². The molecule has 3 rings (SSSR count). The van der Waals surface area contributed by atoms with E-state index in [9.17, 15) is 18.4 Å². The van der Waals surface area contributed by atoms with Crippen LogP contribution in [0.3, 0.4) is 0 Å². The summed E-state index contributed by atoms with van der Waals surface area (Å²) in [6, 6.07) is 8.98. The van der Waals surface area contributed by atoms with Gasteiger partial charge in [-0.25, -0.2) is 4.98 Å². The zero-order valence-corrected chi connectivity index (χ0v) is 14.6. The molecular formula is C19H17F2N3O3. The molecule has 2 heterocycles. The number of halogens is 2. The lowest BCUT2D eigenvalue weighted by Crippen LogP contribution is -2.33. The summed E-state index contributed by atoms with van der Waals surface area (Å²) in [7, 11) is 0. The Morgan fingerprint density at radius 1 is 1.19 bits per heavy atom. The number of nitrogens with zero attached hydrogens (tertiary/aromatic N) is 2. The molecule has 0 fully saturated rings. The topological polar surface area (TPSA) is 72.7 Å². The molecule has 1 unspecified atom stereocenters. The fraction of sp³-hybridized carbons (Fsp3) is 0.211. The molecule has 1 N–H and O–H groups in total. The third-order valence-electron chi connectivity index (χ3n) is 4.05. The van der Waals surface area contributed by atoms with Crippen molar-refractivity contribution in [2.24, 2.45) is 0 Å². The number of ether oxygens (including phenoxy) is 1. The summed E-state index contributed by atoms with van der Waals surface area (Å²) in [6.45, 7) is 0.657. The van der Waals surface area contributed by atoms with Crippen molar-refractivity contribution < 1.29 is 18.3 Å². The first-order valence-electron chi connectivity index (χ1n) is 8.19. The molecule has 0 aliphatic rings. The summed E-state index contributed by atoms with van der Waals surface area (Å²) >= 11 is 0. The van der Waals surface area contributed by atoms with Gasteiger partial charge in [0.15, 0.2) is 0 Å². The van der Waals surface area contributed by atoms with E-state index in [4.69, 9.17) is 0 Å². The second-order valence-corrected chi connectivity index (χ2v) is 6.05. The van der Waals surface area contributed by atoms with Crippen LogP contribution in [-0.4, -0.2) is 21.9 Å². The van der Waals surface area contributed by atoms with E-state index in [1.54, 1.807) is 31.3 Å². The molecular weight excluding hydrogens is 356 g/mol. The summed E-state index contributed by atoms with van der Waals surface area (Å²) in [6.07, 6.45) is 2.86. The standard InChI is InChI=1S/C19H17F2N3O3/c1-11-3-8-16-22-9-15(18(26)24(16)10-11)17(25)23-12(2)13-4-6-14(7-5-13)27-19(20)21/h3-10,12,19H,1-2H3,(H,23,25). The maximum atomic E-state index is 12.6. The van der Waals surface area contributed by atoms with E-state index < -0.39 is 24.1 Å². The lowest BCUT2D eigenvalue weighted by atomic mass is 10.1. The van der Waals surface area contributed by atoms with E-state index in [0.717, 1.165) is 5.56 Å². The molecule has 0 spiro atoms. The average Bonchev–Trinajstić information content (AvgIpc) is 2.62. The zero-order chi connectivity index (χ0) is 19.6. The minimum atomic E-state index is -2.90. The fourth-order valence-corrected chi connectivity index (χ4v) is 2.63. The van der Waals surface area contributed by atoms with Gasteiger partial charge in [-0.3, -0.25) is 14.0 Å². The highest BCUT2D eigenvalue weighted by atomic mass is 19.3. The Labute approximate surface area is 153 Å². The number of alkyl halides is 2. The largest absolute Gasteiger partial charge is 0.435 e.